The summed E-state index contributed by atoms with van der Waals surface area (Å²) in [6.45, 7) is 3.78. The molecule has 2 N–H and O–H groups in total. The number of amides is 1. The third kappa shape index (κ3) is 3.80. The van der Waals surface area contributed by atoms with Crippen molar-refractivity contribution in [2.45, 2.75) is 19.4 Å². The summed E-state index contributed by atoms with van der Waals surface area (Å²) in [5.74, 6) is 1.44. The Labute approximate surface area is 140 Å². The highest BCUT2D eigenvalue weighted by atomic mass is 16.5. The van der Waals surface area contributed by atoms with Gasteiger partial charge in [0.15, 0.2) is 5.82 Å². The minimum atomic E-state index is -0.0388. The van der Waals surface area contributed by atoms with Gasteiger partial charge in [-0.3, -0.25) is 4.79 Å². The lowest BCUT2D eigenvalue weighted by molar-refractivity contribution is -0.135. The maximum atomic E-state index is 12.4. The molecule has 0 unspecified atom stereocenters. The molecule has 3 rings (SSSR count). The largest absolute Gasteiger partial charge is 0.362 e. The van der Waals surface area contributed by atoms with E-state index in [-0.39, 0.29) is 31.0 Å². The molecule has 2 heterocycles. The van der Waals surface area contributed by atoms with Gasteiger partial charge in [0, 0.05) is 19.0 Å². The molecule has 24 heavy (non-hydrogen) atoms. The zero-order valence-electron chi connectivity index (χ0n) is 13.7. The molecule has 0 aliphatic carbocycles. The van der Waals surface area contributed by atoms with E-state index in [0.29, 0.717) is 31.3 Å². The zero-order chi connectivity index (χ0) is 16.9. The van der Waals surface area contributed by atoms with Crippen LogP contribution in [0.25, 0.3) is 0 Å². The summed E-state index contributed by atoms with van der Waals surface area (Å²) in [5.41, 5.74) is 7.13. The van der Waals surface area contributed by atoms with Crippen LogP contribution in [0.4, 0.5) is 0 Å². The number of carbonyl (C=O) groups excluding carboxylic acids is 1. The summed E-state index contributed by atoms with van der Waals surface area (Å²) in [6.07, 6.45) is 0. The number of nitrogens with two attached hydrogens (primary N) is 1. The van der Waals surface area contributed by atoms with Gasteiger partial charge in [-0.05, 0) is 24.9 Å². The SMILES string of the molecule is Cc1noc(COCC(=O)N2C[C@@H](CN)[C@H](c3ccccc3)C2)n1. The van der Waals surface area contributed by atoms with Crippen LogP contribution in [0.2, 0.25) is 0 Å². The van der Waals surface area contributed by atoms with Crippen molar-refractivity contribution >= 4 is 5.91 Å². The summed E-state index contributed by atoms with van der Waals surface area (Å²) >= 11 is 0. The fourth-order valence-electron chi connectivity index (χ4n) is 3.11. The summed E-state index contributed by atoms with van der Waals surface area (Å²) in [7, 11) is 0. The van der Waals surface area contributed by atoms with Gasteiger partial charge in [-0.25, -0.2) is 0 Å². The van der Waals surface area contributed by atoms with E-state index in [2.05, 4.69) is 22.3 Å². The molecule has 0 saturated carbocycles. The van der Waals surface area contributed by atoms with Crippen LogP contribution >= 0.6 is 0 Å². The highest BCUT2D eigenvalue weighted by Gasteiger charge is 2.35. The lowest BCUT2D eigenvalue weighted by Gasteiger charge is -2.16. The number of hydrogen-bond donors (Lipinski definition) is 1. The molecular formula is C17H22N4O3. The smallest absolute Gasteiger partial charge is 0.252 e. The Kier molecular flexibility index (Phi) is 5.22. The van der Waals surface area contributed by atoms with Crippen LogP contribution in [0.5, 0.6) is 0 Å². The first kappa shape index (κ1) is 16.6. The molecule has 7 heteroatoms. The van der Waals surface area contributed by atoms with Gasteiger partial charge >= 0.3 is 0 Å². The minimum Gasteiger partial charge on any atom is -0.362 e. The predicted octanol–water partition coefficient (Wildman–Crippen LogP) is 1.10. The number of ether oxygens (including phenoxy) is 1. The molecule has 2 atom stereocenters. The van der Waals surface area contributed by atoms with E-state index < -0.39 is 0 Å². The maximum absolute atomic E-state index is 12.4. The Hall–Kier alpha value is -2.25. The third-order valence-electron chi connectivity index (χ3n) is 4.34. The van der Waals surface area contributed by atoms with E-state index in [0.717, 1.165) is 0 Å². The summed E-state index contributed by atoms with van der Waals surface area (Å²) < 4.78 is 10.4. The summed E-state index contributed by atoms with van der Waals surface area (Å²) in [4.78, 5) is 18.2. The number of likely N-dealkylation sites (tertiary alicyclic amines) is 1. The van der Waals surface area contributed by atoms with Gasteiger partial charge < -0.3 is 19.9 Å². The molecule has 1 aromatic carbocycles. The van der Waals surface area contributed by atoms with Crippen LogP contribution in [0.1, 0.15) is 23.2 Å². The van der Waals surface area contributed by atoms with Crippen molar-refractivity contribution in [3.8, 4) is 0 Å². The van der Waals surface area contributed by atoms with Crippen molar-refractivity contribution < 1.29 is 14.1 Å². The van der Waals surface area contributed by atoms with Crippen LogP contribution in [0.3, 0.4) is 0 Å². The Morgan fingerprint density at radius 1 is 1.38 bits per heavy atom. The van der Waals surface area contributed by atoms with Crippen molar-refractivity contribution in [3.05, 3.63) is 47.6 Å². The van der Waals surface area contributed by atoms with Crippen molar-refractivity contribution in [3.63, 3.8) is 0 Å². The molecule has 1 aromatic heterocycles. The number of nitrogens with zero attached hydrogens (tertiary/aromatic N) is 3. The van der Waals surface area contributed by atoms with Crippen LogP contribution in [-0.4, -0.2) is 47.2 Å². The Balaban J connectivity index is 1.54. The standard InChI is InChI=1S/C17H22N4O3/c1-12-19-16(24-20-12)10-23-11-17(22)21-8-14(7-18)15(9-21)13-5-3-2-4-6-13/h2-6,14-15H,7-11,18H2,1H3/t14-,15+/m1/s1. The second-order valence-corrected chi connectivity index (χ2v) is 6.04. The second kappa shape index (κ2) is 7.55. The highest BCUT2D eigenvalue weighted by Crippen LogP contribution is 2.31. The first-order valence-electron chi connectivity index (χ1n) is 8.07. The van der Waals surface area contributed by atoms with E-state index in [1.807, 2.05) is 23.1 Å². The quantitative estimate of drug-likeness (QED) is 0.852. The third-order valence-corrected chi connectivity index (χ3v) is 4.34. The van der Waals surface area contributed by atoms with Gasteiger partial charge in [0.1, 0.15) is 13.2 Å². The van der Waals surface area contributed by atoms with Crippen LogP contribution in [0.15, 0.2) is 34.9 Å². The first-order valence-corrected chi connectivity index (χ1v) is 8.07. The van der Waals surface area contributed by atoms with Gasteiger partial charge in [-0.2, -0.15) is 4.98 Å². The maximum Gasteiger partial charge on any atom is 0.252 e. The van der Waals surface area contributed by atoms with Crippen LogP contribution in [-0.2, 0) is 16.1 Å². The van der Waals surface area contributed by atoms with Crippen molar-refractivity contribution in [2.75, 3.05) is 26.2 Å². The molecule has 128 valence electrons. The molecule has 1 saturated heterocycles. The molecule has 0 spiro atoms. The minimum absolute atomic E-state index is 0.000227. The summed E-state index contributed by atoms with van der Waals surface area (Å²) in [5, 5.41) is 3.68. The Morgan fingerprint density at radius 2 is 2.17 bits per heavy atom. The van der Waals surface area contributed by atoms with E-state index in [9.17, 15) is 4.79 Å². The number of hydrogen-bond acceptors (Lipinski definition) is 6. The lowest BCUT2D eigenvalue weighted by atomic mass is 9.89. The highest BCUT2D eigenvalue weighted by molar-refractivity contribution is 5.78. The van der Waals surface area contributed by atoms with Gasteiger partial charge in [-0.1, -0.05) is 35.5 Å². The monoisotopic (exact) mass is 330 g/mol. The van der Waals surface area contributed by atoms with E-state index in [4.69, 9.17) is 15.0 Å². The Bertz CT molecular complexity index is 673. The molecule has 1 aliphatic rings. The van der Waals surface area contributed by atoms with Crippen LogP contribution in [0, 0.1) is 12.8 Å². The number of carbonyl (C=O) groups is 1. The molecule has 0 bridgehead atoms. The average Bonchev–Trinajstić information content (AvgIpc) is 3.22. The van der Waals surface area contributed by atoms with Gasteiger partial charge in [0.25, 0.3) is 5.89 Å². The molecule has 1 amide bonds. The van der Waals surface area contributed by atoms with E-state index >= 15 is 0 Å². The number of rotatable bonds is 6. The van der Waals surface area contributed by atoms with Crippen LogP contribution < -0.4 is 5.73 Å². The second-order valence-electron chi connectivity index (χ2n) is 6.04. The fraction of sp³-hybridized carbons (Fsp3) is 0.471. The molecular weight excluding hydrogens is 308 g/mol. The lowest BCUT2D eigenvalue weighted by Crippen LogP contribution is -2.32. The fourth-order valence-corrected chi connectivity index (χ4v) is 3.11. The van der Waals surface area contributed by atoms with Gasteiger partial charge in [0.05, 0.1) is 0 Å². The topological polar surface area (TPSA) is 94.5 Å². The average molecular weight is 330 g/mol. The van der Waals surface area contributed by atoms with Crippen molar-refractivity contribution in [1.82, 2.24) is 15.0 Å². The number of aromatic nitrogens is 2. The van der Waals surface area contributed by atoms with E-state index in [1.54, 1.807) is 6.92 Å². The molecule has 0 radical (unpaired) electrons. The van der Waals surface area contributed by atoms with Gasteiger partial charge in [-0.15, -0.1) is 0 Å². The zero-order valence-corrected chi connectivity index (χ0v) is 13.7. The normalized spacial score (nSPS) is 20.5. The molecule has 1 aliphatic heterocycles. The summed E-state index contributed by atoms with van der Waals surface area (Å²) in [6, 6.07) is 10.2. The number of aryl methyl sites for hydroxylation is 1. The van der Waals surface area contributed by atoms with Crippen molar-refractivity contribution in [2.24, 2.45) is 11.7 Å². The van der Waals surface area contributed by atoms with Crippen molar-refractivity contribution in [1.29, 1.82) is 0 Å². The molecule has 2 aromatic rings. The number of benzene rings is 1. The Morgan fingerprint density at radius 3 is 2.83 bits per heavy atom. The molecule has 7 nitrogen and oxygen atoms in total. The van der Waals surface area contributed by atoms with Gasteiger partial charge in [0.2, 0.25) is 5.91 Å². The van der Waals surface area contributed by atoms with E-state index in [1.165, 1.54) is 5.56 Å². The first-order chi connectivity index (χ1) is 11.7. The molecule has 1 fully saturated rings. The predicted molar refractivity (Wildman–Crippen MR) is 87.0 cm³/mol.